The molecule has 0 spiro atoms. The van der Waals surface area contributed by atoms with Crippen LogP contribution in [0.3, 0.4) is 0 Å². The van der Waals surface area contributed by atoms with Crippen molar-refractivity contribution in [3.05, 3.63) is 65.9 Å². The van der Waals surface area contributed by atoms with E-state index >= 15 is 0 Å². The van der Waals surface area contributed by atoms with E-state index in [4.69, 9.17) is 4.74 Å². The van der Waals surface area contributed by atoms with Gasteiger partial charge in [-0.1, -0.05) is 18.2 Å². The van der Waals surface area contributed by atoms with E-state index in [1.165, 1.54) is 4.68 Å². The maximum atomic E-state index is 13.6. The van der Waals surface area contributed by atoms with E-state index < -0.39 is 17.4 Å². The Morgan fingerprint density at radius 1 is 0.903 bits per heavy atom. The first-order chi connectivity index (χ1) is 14.9. The molecule has 6 nitrogen and oxygen atoms in total. The Balaban J connectivity index is 1.66. The lowest BCUT2D eigenvalue weighted by molar-refractivity contribution is -0.141. The molecular formula is C22H21F3N4O2. The van der Waals surface area contributed by atoms with Crippen LogP contribution in [0.25, 0.3) is 5.69 Å². The summed E-state index contributed by atoms with van der Waals surface area (Å²) in [7, 11) is 1.60. The Morgan fingerprint density at radius 2 is 1.52 bits per heavy atom. The quantitative estimate of drug-likeness (QED) is 0.572. The molecule has 1 saturated heterocycles. The summed E-state index contributed by atoms with van der Waals surface area (Å²) in [6, 6.07) is 16.2. The molecule has 31 heavy (non-hydrogen) atoms. The van der Waals surface area contributed by atoms with E-state index in [0.29, 0.717) is 31.9 Å². The van der Waals surface area contributed by atoms with Gasteiger partial charge in [-0.25, -0.2) is 4.68 Å². The van der Waals surface area contributed by atoms with Gasteiger partial charge in [-0.2, -0.15) is 18.3 Å². The number of rotatable bonds is 5. The Morgan fingerprint density at radius 3 is 2.06 bits per heavy atom. The molecule has 2 heterocycles. The highest BCUT2D eigenvalue weighted by Gasteiger charge is 2.41. The molecule has 1 aliphatic heterocycles. The lowest BCUT2D eigenvalue weighted by Crippen LogP contribution is -2.47. The zero-order valence-electron chi connectivity index (χ0n) is 16.8. The van der Waals surface area contributed by atoms with Crippen molar-refractivity contribution >= 4 is 17.8 Å². The monoisotopic (exact) mass is 430 g/mol. The van der Waals surface area contributed by atoms with Crippen molar-refractivity contribution in [1.29, 1.82) is 0 Å². The molecule has 0 unspecified atom stereocenters. The normalized spacial score (nSPS) is 14.6. The molecule has 0 radical (unpaired) electrons. The summed E-state index contributed by atoms with van der Waals surface area (Å²) in [5, 5.41) is 3.79. The molecule has 9 heteroatoms. The topological polar surface area (TPSA) is 50.6 Å². The Bertz CT molecular complexity index is 1040. The third kappa shape index (κ3) is 4.08. The van der Waals surface area contributed by atoms with E-state index in [0.717, 1.165) is 11.4 Å². The second-order valence-electron chi connectivity index (χ2n) is 7.12. The molecule has 4 rings (SSSR count). The molecule has 0 aliphatic carbocycles. The van der Waals surface area contributed by atoms with Gasteiger partial charge in [0.2, 0.25) is 0 Å². The van der Waals surface area contributed by atoms with Crippen LogP contribution >= 0.6 is 0 Å². The highest BCUT2D eigenvalue weighted by atomic mass is 19.4. The highest BCUT2D eigenvalue weighted by Crippen LogP contribution is 2.37. The van der Waals surface area contributed by atoms with Gasteiger partial charge in [0.15, 0.2) is 12.0 Å². The molecular weight excluding hydrogens is 409 g/mol. The van der Waals surface area contributed by atoms with Crippen molar-refractivity contribution in [3.63, 3.8) is 0 Å². The van der Waals surface area contributed by atoms with E-state index in [9.17, 15) is 18.0 Å². The molecule has 1 fully saturated rings. The van der Waals surface area contributed by atoms with Crippen LogP contribution in [0.15, 0.2) is 54.6 Å². The number of piperazine rings is 1. The van der Waals surface area contributed by atoms with Crippen LogP contribution in [-0.4, -0.2) is 49.4 Å². The summed E-state index contributed by atoms with van der Waals surface area (Å²) >= 11 is 0. The summed E-state index contributed by atoms with van der Waals surface area (Å²) in [4.78, 5) is 15.7. The van der Waals surface area contributed by atoms with Crippen LogP contribution in [-0.2, 0) is 6.18 Å². The maximum Gasteiger partial charge on any atom is 0.435 e. The minimum Gasteiger partial charge on any atom is -0.497 e. The SMILES string of the molecule is COc1ccc(N2CCN(c3c(C=O)c(C(F)(F)F)nn3-c3ccccc3)CC2)cc1. The fourth-order valence-corrected chi connectivity index (χ4v) is 3.76. The van der Waals surface area contributed by atoms with E-state index in [2.05, 4.69) is 10.00 Å². The van der Waals surface area contributed by atoms with Crippen LogP contribution in [0.1, 0.15) is 16.1 Å². The summed E-state index contributed by atoms with van der Waals surface area (Å²) in [6.07, 6.45) is -4.48. The summed E-state index contributed by atoms with van der Waals surface area (Å²) in [6.45, 7) is 2.07. The van der Waals surface area contributed by atoms with Crippen LogP contribution in [0.4, 0.5) is 24.7 Å². The number of carbonyl (C=O) groups is 1. The second-order valence-corrected chi connectivity index (χ2v) is 7.12. The molecule has 1 aromatic heterocycles. The van der Waals surface area contributed by atoms with Gasteiger partial charge in [0.1, 0.15) is 11.6 Å². The van der Waals surface area contributed by atoms with E-state index in [1.54, 1.807) is 42.3 Å². The molecule has 0 saturated carbocycles. The van der Waals surface area contributed by atoms with Crippen molar-refractivity contribution in [3.8, 4) is 11.4 Å². The Labute approximate surface area is 177 Å². The van der Waals surface area contributed by atoms with Gasteiger partial charge in [0.25, 0.3) is 0 Å². The largest absolute Gasteiger partial charge is 0.497 e. The molecule has 1 aliphatic rings. The minimum absolute atomic E-state index is 0.169. The first-order valence-corrected chi connectivity index (χ1v) is 9.77. The standard InChI is InChI=1S/C22H21F3N4O2/c1-31-18-9-7-16(8-10-18)27-11-13-28(14-12-27)21-19(15-30)20(22(23,24)25)26-29(21)17-5-3-2-4-6-17/h2-10,15H,11-14H2,1H3. The Kier molecular flexibility index (Phi) is 5.58. The number of ether oxygens (including phenoxy) is 1. The first-order valence-electron chi connectivity index (χ1n) is 9.77. The second kappa shape index (κ2) is 8.33. The van der Waals surface area contributed by atoms with Gasteiger partial charge < -0.3 is 14.5 Å². The third-order valence-electron chi connectivity index (χ3n) is 5.30. The van der Waals surface area contributed by atoms with Crippen molar-refractivity contribution in [2.24, 2.45) is 0 Å². The van der Waals surface area contributed by atoms with Gasteiger partial charge >= 0.3 is 6.18 Å². The van der Waals surface area contributed by atoms with Crippen LogP contribution in [0.2, 0.25) is 0 Å². The van der Waals surface area contributed by atoms with E-state index in [1.807, 2.05) is 24.3 Å². The molecule has 2 aromatic carbocycles. The highest BCUT2D eigenvalue weighted by molar-refractivity contribution is 5.86. The van der Waals surface area contributed by atoms with Crippen molar-refractivity contribution in [2.45, 2.75) is 6.18 Å². The predicted octanol–water partition coefficient (Wildman–Crippen LogP) is 4.04. The van der Waals surface area contributed by atoms with Gasteiger partial charge in [0.05, 0.1) is 18.4 Å². The van der Waals surface area contributed by atoms with E-state index in [-0.39, 0.29) is 12.1 Å². The van der Waals surface area contributed by atoms with Gasteiger partial charge in [-0.3, -0.25) is 4.79 Å². The average Bonchev–Trinajstić information content (AvgIpc) is 3.20. The number of hydrogen-bond donors (Lipinski definition) is 0. The lowest BCUT2D eigenvalue weighted by atomic mass is 10.2. The van der Waals surface area contributed by atoms with Crippen LogP contribution in [0, 0.1) is 0 Å². The minimum atomic E-state index is -4.73. The van der Waals surface area contributed by atoms with Gasteiger partial charge in [-0.05, 0) is 36.4 Å². The van der Waals surface area contributed by atoms with Crippen molar-refractivity contribution in [2.75, 3.05) is 43.1 Å². The number of halogens is 3. The third-order valence-corrected chi connectivity index (χ3v) is 5.30. The molecule has 0 atom stereocenters. The maximum absolute atomic E-state index is 13.6. The first kappa shape index (κ1) is 20.8. The Hall–Kier alpha value is -3.49. The summed E-state index contributed by atoms with van der Waals surface area (Å²) in [5.41, 5.74) is -0.134. The zero-order chi connectivity index (χ0) is 22.0. The number of hydrogen-bond acceptors (Lipinski definition) is 5. The molecule has 0 N–H and O–H groups in total. The summed E-state index contributed by atoms with van der Waals surface area (Å²) in [5.74, 6) is 0.923. The predicted molar refractivity (Wildman–Crippen MR) is 111 cm³/mol. The van der Waals surface area contributed by atoms with Crippen LogP contribution in [0.5, 0.6) is 5.75 Å². The van der Waals surface area contributed by atoms with Crippen molar-refractivity contribution in [1.82, 2.24) is 9.78 Å². The average molecular weight is 430 g/mol. The number of para-hydroxylation sites is 1. The lowest BCUT2D eigenvalue weighted by Gasteiger charge is -2.37. The van der Waals surface area contributed by atoms with Gasteiger partial charge in [-0.15, -0.1) is 0 Å². The number of carbonyl (C=O) groups excluding carboxylic acids is 1. The fraction of sp³-hybridized carbons (Fsp3) is 0.273. The molecule has 0 bridgehead atoms. The number of anilines is 2. The molecule has 3 aromatic rings. The number of aromatic nitrogens is 2. The smallest absolute Gasteiger partial charge is 0.435 e. The number of benzene rings is 2. The van der Waals surface area contributed by atoms with Crippen LogP contribution < -0.4 is 14.5 Å². The number of alkyl halides is 3. The molecule has 0 amide bonds. The van der Waals surface area contributed by atoms with Gasteiger partial charge in [0, 0.05) is 31.9 Å². The summed E-state index contributed by atoms with van der Waals surface area (Å²) < 4.78 is 47.2. The fourth-order valence-electron chi connectivity index (χ4n) is 3.76. The zero-order valence-corrected chi connectivity index (χ0v) is 16.8. The number of aldehydes is 1. The number of nitrogens with zero attached hydrogens (tertiary/aromatic N) is 4. The number of methoxy groups -OCH3 is 1. The molecule has 162 valence electrons. The van der Waals surface area contributed by atoms with Crippen molar-refractivity contribution < 1.29 is 22.7 Å².